The van der Waals surface area contributed by atoms with Crippen LogP contribution < -0.4 is 11.1 Å². The van der Waals surface area contributed by atoms with Crippen molar-refractivity contribution in [3.8, 4) is 0 Å². The maximum Gasteiger partial charge on any atom is 0.221 e. The first-order valence-corrected chi connectivity index (χ1v) is 7.95. The second-order valence-corrected chi connectivity index (χ2v) is 6.09. The molecule has 2 atom stereocenters. The molecule has 0 aromatic heterocycles. The Balaban J connectivity index is 0.00000242. The number of piperidine rings is 1. The van der Waals surface area contributed by atoms with Gasteiger partial charge in [-0.05, 0) is 31.9 Å². The molecule has 1 amide bonds. The topological polar surface area (TPSA) is 58.4 Å². The van der Waals surface area contributed by atoms with Crippen molar-refractivity contribution >= 4 is 30.7 Å². The number of carbonyl (C=O) groups is 1. The van der Waals surface area contributed by atoms with E-state index in [0.717, 1.165) is 26.1 Å². The number of amides is 1. The molecular weight excluding hydrogens is 333 g/mol. The number of rotatable bonds is 6. The molecule has 132 valence electrons. The first kappa shape index (κ1) is 22.2. The van der Waals surface area contributed by atoms with Gasteiger partial charge in [-0.15, -0.1) is 24.8 Å². The number of nitrogens with one attached hydrogen (secondary N) is 1. The highest BCUT2D eigenvalue weighted by atomic mass is 35.5. The molecule has 1 aromatic carbocycles. The fourth-order valence-corrected chi connectivity index (χ4v) is 2.91. The van der Waals surface area contributed by atoms with E-state index < -0.39 is 0 Å². The van der Waals surface area contributed by atoms with E-state index in [0.29, 0.717) is 12.5 Å². The normalized spacial score (nSPS) is 19.1. The highest BCUT2D eigenvalue weighted by molar-refractivity contribution is 5.85. The van der Waals surface area contributed by atoms with Crippen molar-refractivity contribution in [3.05, 3.63) is 35.9 Å². The molecule has 1 fully saturated rings. The molecule has 2 unspecified atom stereocenters. The smallest absolute Gasteiger partial charge is 0.221 e. The molecule has 23 heavy (non-hydrogen) atoms. The van der Waals surface area contributed by atoms with Crippen LogP contribution in [0.2, 0.25) is 0 Å². The summed E-state index contributed by atoms with van der Waals surface area (Å²) in [6, 6.07) is 10.9. The summed E-state index contributed by atoms with van der Waals surface area (Å²) in [6.45, 7) is 4.68. The third-order valence-corrected chi connectivity index (χ3v) is 4.02. The van der Waals surface area contributed by atoms with Gasteiger partial charge in [0.2, 0.25) is 5.91 Å². The summed E-state index contributed by atoms with van der Waals surface area (Å²) in [5, 5.41) is 3.04. The van der Waals surface area contributed by atoms with E-state index in [2.05, 4.69) is 34.5 Å². The second kappa shape index (κ2) is 11.7. The van der Waals surface area contributed by atoms with E-state index in [1.165, 1.54) is 18.4 Å². The Labute approximate surface area is 152 Å². The number of benzene rings is 1. The first-order chi connectivity index (χ1) is 10.1. The monoisotopic (exact) mass is 361 g/mol. The van der Waals surface area contributed by atoms with E-state index in [4.69, 9.17) is 5.73 Å². The fourth-order valence-electron chi connectivity index (χ4n) is 2.91. The predicted molar refractivity (Wildman–Crippen MR) is 100 cm³/mol. The molecule has 4 nitrogen and oxygen atoms in total. The average molecular weight is 362 g/mol. The van der Waals surface area contributed by atoms with E-state index in [1.54, 1.807) is 0 Å². The summed E-state index contributed by atoms with van der Waals surface area (Å²) in [4.78, 5) is 14.2. The Morgan fingerprint density at radius 3 is 2.65 bits per heavy atom. The third-order valence-electron chi connectivity index (χ3n) is 4.02. The Hall–Kier alpha value is -0.810. The number of hydrogen-bond donors (Lipinski definition) is 2. The SMILES string of the molecule is CC(N)CC(=O)NCC1CCCCN1Cc1ccccc1.Cl.Cl. The van der Waals surface area contributed by atoms with Crippen LogP contribution >= 0.6 is 24.8 Å². The molecule has 3 N–H and O–H groups in total. The van der Waals surface area contributed by atoms with Crippen molar-refractivity contribution in [2.75, 3.05) is 13.1 Å². The van der Waals surface area contributed by atoms with Crippen molar-refractivity contribution in [3.63, 3.8) is 0 Å². The van der Waals surface area contributed by atoms with Gasteiger partial charge < -0.3 is 11.1 Å². The van der Waals surface area contributed by atoms with Crippen molar-refractivity contribution in [2.24, 2.45) is 5.73 Å². The molecule has 2 rings (SSSR count). The minimum atomic E-state index is -0.0724. The molecule has 1 heterocycles. The van der Waals surface area contributed by atoms with Crippen molar-refractivity contribution in [2.45, 2.75) is 51.2 Å². The Kier molecular flexibility index (Phi) is 11.3. The van der Waals surface area contributed by atoms with Gasteiger partial charge in [-0.3, -0.25) is 9.69 Å². The maximum absolute atomic E-state index is 11.8. The van der Waals surface area contributed by atoms with Gasteiger partial charge in [0.1, 0.15) is 0 Å². The lowest BCUT2D eigenvalue weighted by atomic mass is 10.0. The van der Waals surface area contributed by atoms with Gasteiger partial charge >= 0.3 is 0 Å². The van der Waals surface area contributed by atoms with Crippen LogP contribution in [0.4, 0.5) is 0 Å². The zero-order chi connectivity index (χ0) is 15.1. The van der Waals surface area contributed by atoms with E-state index in [-0.39, 0.29) is 36.8 Å². The van der Waals surface area contributed by atoms with Gasteiger partial charge in [0.05, 0.1) is 0 Å². The Morgan fingerprint density at radius 1 is 1.30 bits per heavy atom. The molecule has 0 bridgehead atoms. The van der Waals surface area contributed by atoms with Crippen molar-refractivity contribution in [1.82, 2.24) is 10.2 Å². The van der Waals surface area contributed by atoms with Gasteiger partial charge in [-0.1, -0.05) is 36.8 Å². The van der Waals surface area contributed by atoms with Crippen LogP contribution in [-0.4, -0.2) is 36.0 Å². The van der Waals surface area contributed by atoms with Crippen LogP contribution in [0.3, 0.4) is 0 Å². The molecule has 0 spiro atoms. The van der Waals surface area contributed by atoms with Gasteiger partial charge in [-0.2, -0.15) is 0 Å². The Morgan fingerprint density at radius 2 is 2.00 bits per heavy atom. The highest BCUT2D eigenvalue weighted by Crippen LogP contribution is 2.19. The number of hydrogen-bond acceptors (Lipinski definition) is 3. The van der Waals surface area contributed by atoms with E-state index >= 15 is 0 Å². The third kappa shape index (κ3) is 8.02. The van der Waals surface area contributed by atoms with Gasteiger partial charge in [0.25, 0.3) is 0 Å². The Bertz CT molecular complexity index is 443. The molecule has 1 aromatic rings. The largest absolute Gasteiger partial charge is 0.354 e. The standard InChI is InChI=1S/C17H27N3O.2ClH/c1-14(18)11-17(21)19-12-16-9-5-6-10-20(16)13-15-7-3-2-4-8-15;;/h2-4,7-8,14,16H,5-6,9-13,18H2,1H3,(H,19,21);2*1H. The summed E-state index contributed by atoms with van der Waals surface area (Å²) in [5.74, 6) is 0.0650. The lowest BCUT2D eigenvalue weighted by Crippen LogP contribution is -2.46. The minimum absolute atomic E-state index is 0. The summed E-state index contributed by atoms with van der Waals surface area (Å²) < 4.78 is 0. The molecule has 0 saturated carbocycles. The van der Waals surface area contributed by atoms with Gasteiger partial charge in [0, 0.05) is 31.6 Å². The number of halogens is 2. The van der Waals surface area contributed by atoms with Crippen LogP contribution in [0.5, 0.6) is 0 Å². The van der Waals surface area contributed by atoms with Gasteiger partial charge in [0.15, 0.2) is 0 Å². The molecule has 1 aliphatic heterocycles. The number of nitrogens with two attached hydrogens (primary N) is 1. The molecule has 0 radical (unpaired) electrons. The first-order valence-electron chi connectivity index (χ1n) is 7.95. The predicted octanol–water partition coefficient (Wildman–Crippen LogP) is 2.74. The van der Waals surface area contributed by atoms with Crippen LogP contribution in [0, 0.1) is 0 Å². The molecule has 1 saturated heterocycles. The number of carbonyl (C=O) groups excluding carboxylic acids is 1. The number of likely N-dealkylation sites (tertiary alicyclic amines) is 1. The minimum Gasteiger partial charge on any atom is -0.354 e. The lowest BCUT2D eigenvalue weighted by molar-refractivity contribution is -0.121. The van der Waals surface area contributed by atoms with Crippen LogP contribution in [0.1, 0.15) is 38.2 Å². The zero-order valence-electron chi connectivity index (χ0n) is 13.7. The lowest BCUT2D eigenvalue weighted by Gasteiger charge is -2.36. The molecule has 0 aliphatic carbocycles. The van der Waals surface area contributed by atoms with Crippen LogP contribution in [-0.2, 0) is 11.3 Å². The quantitative estimate of drug-likeness (QED) is 0.818. The number of nitrogens with zero attached hydrogens (tertiary/aromatic N) is 1. The summed E-state index contributed by atoms with van der Waals surface area (Å²) in [7, 11) is 0. The summed E-state index contributed by atoms with van der Waals surface area (Å²) >= 11 is 0. The van der Waals surface area contributed by atoms with Crippen LogP contribution in [0.15, 0.2) is 30.3 Å². The van der Waals surface area contributed by atoms with Crippen molar-refractivity contribution < 1.29 is 4.79 Å². The van der Waals surface area contributed by atoms with Crippen molar-refractivity contribution in [1.29, 1.82) is 0 Å². The molecule has 1 aliphatic rings. The maximum atomic E-state index is 11.8. The van der Waals surface area contributed by atoms with Crippen LogP contribution in [0.25, 0.3) is 0 Å². The molecular formula is C17H29Cl2N3O. The zero-order valence-corrected chi connectivity index (χ0v) is 15.4. The fraction of sp³-hybridized carbons (Fsp3) is 0.588. The molecule has 6 heteroatoms. The summed E-state index contributed by atoms with van der Waals surface area (Å²) in [6.07, 6.45) is 4.06. The summed E-state index contributed by atoms with van der Waals surface area (Å²) in [5.41, 5.74) is 7.00. The highest BCUT2D eigenvalue weighted by Gasteiger charge is 2.22. The van der Waals surface area contributed by atoms with Gasteiger partial charge in [-0.25, -0.2) is 0 Å². The van der Waals surface area contributed by atoms with E-state index in [1.807, 2.05) is 13.0 Å². The second-order valence-electron chi connectivity index (χ2n) is 6.09. The average Bonchev–Trinajstić information content (AvgIpc) is 2.47. The van der Waals surface area contributed by atoms with E-state index in [9.17, 15) is 4.79 Å².